The van der Waals surface area contributed by atoms with Crippen molar-refractivity contribution in [2.75, 3.05) is 33.4 Å². The molecule has 0 bridgehead atoms. The van der Waals surface area contributed by atoms with Crippen molar-refractivity contribution in [3.63, 3.8) is 0 Å². The second-order valence-electron chi connectivity index (χ2n) is 5.59. The topological polar surface area (TPSA) is 53.6 Å². The molecule has 0 aromatic heterocycles. The first-order chi connectivity index (χ1) is 8.69. The van der Waals surface area contributed by atoms with Crippen LogP contribution in [-0.4, -0.2) is 56.4 Å². The summed E-state index contributed by atoms with van der Waals surface area (Å²) in [5.41, 5.74) is 0. The molecule has 2 atom stereocenters. The zero-order valence-corrected chi connectivity index (χ0v) is 11.4. The number of hydrogen-bond donors (Lipinski definition) is 2. The number of carbonyl (C=O) groups excluding carboxylic acids is 1. The quantitative estimate of drug-likeness (QED) is 0.738. The fourth-order valence-electron chi connectivity index (χ4n) is 2.60. The molecule has 0 unspecified atom stereocenters. The zero-order valence-electron chi connectivity index (χ0n) is 11.4. The first-order valence-corrected chi connectivity index (χ1v) is 6.96. The summed E-state index contributed by atoms with van der Waals surface area (Å²) in [6, 6.07) is 0.830. The van der Waals surface area contributed by atoms with E-state index in [-0.39, 0.29) is 12.1 Å². The second kappa shape index (κ2) is 6.38. The van der Waals surface area contributed by atoms with Gasteiger partial charge in [-0.3, -0.25) is 0 Å². The Balaban J connectivity index is 1.58. The molecule has 0 radical (unpaired) electrons. The highest BCUT2D eigenvalue weighted by atomic mass is 16.5. The van der Waals surface area contributed by atoms with E-state index in [1.165, 1.54) is 25.8 Å². The van der Waals surface area contributed by atoms with Crippen molar-refractivity contribution in [3.05, 3.63) is 0 Å². The van der Waals surface area contributed by atoms with Gasteiger partial charge >= 0.3 is 6.03 Å². The van der Waals surface area contributed by atoms with Gasteiger partial charge in [-0.1, -0.05) is 0 Å². The van der Waals surface area contributed by atoms with Gasteiger partial charge < -0.3 is 20.3 Å². The van der Waals surface area contributed by atoms with Crippen LogP contribution in [0.15, 0.2) is 0 Å². The van der Waals surface area contributed by atoms with Crippen LogP contribution < -0.4 is 10.6 Å². The highest BCUT2D eigenvalue weighted by Gasteiger charge is 2.34. The summed E-state index contributed by atoms with van der Waals surface area (Å²) in [7, 11) is 1.64. The number of carbonyl (C=O) groups is 1. The van der Waals surface area contributed by atoms with Gasteiger partial charge in [0.25, 0.3) is 0 Å². The molecule has 2 amide bonds. The summed E-state index contributed by atoms with van der Waals surface area (Å²) >= 11 is 0. The van der Waals surface area contributed by atoms with E-state index in [1.54, 1.807) is 7.11 Å². The number of nitrogens with one attached hydrogen (secondary N) is 2. The normalized spacial score (nSPS) is 26.0. The van der Waals surface area contributed by atoms with Gasteiger partial charge in [-0.05, 0) is 38.6 Å². The number of likely N-dealkylation sites (tertiary alicyclic amines) is 1. The number of methoxy groups -OCH3 is 1. The minimum atomic E-state index is -0.0792. The summed E-state index contributed by atoms with van der Waals surface area (Å²) in [4.78, 5) is 14.2. The molecule has 2 rings (SSSR count). The Morgan fingerprint density at radius 3 is 2.89 bits per heavy atom. The average molecular weight is 255 g/mol. The Labute approximate surface area is 109 Å². The summed E-state index contributed by atoms with van der Waals surface area (Å²) in [5, 5.41) is 5.82. The highest BCUT2D eigenvalue weighted by Crippen LogP contribution is 2.31. The average Bonchev–Trinajstić information content (AvgIpc) is 3.06. The van der Waals surface area contributed by atoms with Crippen molar-refractivity contribution >= 4 is 6.03 Å². The number of urea groups is 1. The van der Waals surface area contributed by atoms with Crippen molar-refractivity contribution in [2.45, 2.75) is 38.3 Å². The van der Waals surface area contributed by atoms with E-state index in [1.807, 2.05) is 6.92 Å². The predicted octanol–water partition coefficient (Wildman–Crippen LogP) is 0.805. The van der Waals surface area contributed by atoms with Gasteiger partial charge in [0.1, 0.15) is 0 Å². The number of nitrogens with zero attached hydrogens (tertiary/aromatic N) is 1. The molecule has 1 saturated heterocycles. The third-order valence-corrected chi connectivity index (χ3v) is 3.73. The van der Waals surface area contributed by atoms with E-state index < -0.39 is 0 Å². The molecule has 0 aromatic carbocycles. The third-order valence-electron chi connectivity index (χ3n) is 3.73. The lowest BCUT2D eigenvalue weighted by atomic mass is 10.1. The van der Waals surface area contributed by atoms with Crippen LogP contribution in [0.25, 0.3) is 0 Å². The fraction of sp³-hybridized carbons (Fsp3) is 0.923. The summed E-state index contributed by atoms with van der Waals surface area (Å²) in [5.74, 6) is 0.620. The van der Waals surface area contributed by atoms with Crippen LogP contribution in [0.5, 0.6) is 0 Å². The molecule has 0 aromatic rings. The smallest absolute Gasteiger partial charge is 0.315 e. The number of ether oxygens (including phenoxy) is 1. The summed E-state index contributed by atoms with van der Waals surface area (Å²) in [6.07, 6.45) is 3.95. The molecule has 104 valence electrons. The second-order valence-corrected chi connectivity index (χ2v) is 5.59. The minimum Gasteiger partial charge on any atom is -0.383 e. The van der Waals surface area contributed by atoms with E-state index >= 15 is 0 Å². The highest BCUT2D eigenvalue weighted by molar-refractivity contribution is 5.74. The SMILES string of the molecule is COC[C@H](C)NC(=O)NC[C@H]1CCN(C2CC2)C1. The Morgan fingerprint density at radius 1 is 1.44 bits per heavy atom. The molecular weight excluding hydrogens is 230 g/mol. The number of amides is 2. The molecule has 0 spiro atoms. The van der Waals surface area contributed by atoms with Crippen LogP contribution in [0.1, 0.15) is 26.2 Å². The van der Waals surface area contributed by atoms with E-state index in [0.29, 0.717) is 12.5 Å². The van der Waals surface area contributed by atoms with E-state index in [4.69, 9.17) is 4.74 Å². The van der Waals surface area contributed by atoms with Crippen LogP contribution >= 0.6 is 0 Å². The Morgan fingerprint density at radius 2 is 2.22 bits per heavy atom. The van der Waals surface area contributed by atoms with Crippen LogP contribution in [0, 0.1) is 5.92 Å². The molecule has 2 aliphatic rings. The van der Waals surface area contributed by atoms with Gasteiger partial charge in [0.05, 0.1) is 12.6 Å². The van der Waals surface area contributed by atoms with E-state index in [0.717, 1.165) is 19.1 Å². The Kier molecular flexibility index (Phi) is 4.83. The maximum Gasteiger partial charge on any atom is 0.315 e. The number of rotatable bonds is 6. The van der Waals surface area contributed by atoms with Crippen molar-refractivity contribution < 1.29 is 9.53 Å². The maximum absolute atomic E-state index is 11.6. The molecule has 5 nitrogen and oxygen atoms in total. The first kappa shape index (κ1) is 13.6. The van der Waals surface area contributed by atoms with Crippen molar-refractivity contribution in [2.24, 2.45) is 5.92 Å². The molecule has 1 aliphatic heterocycles. The molecular formula is C13H25N3O2. The molecule has 2 N–H and O–H groups in total. The lowest BCUT2D eigenvalue weighted by molar-refractivity contribution is 0.170. The molecule has 2 fully saturated rings. The third kappa shape index (κ3) is 4.14. The van der Waals surface area contributed by atoms with E-state index in [9.17, 15) is 4.79 Å². The van der Waals surface area contributed by atoms with Gasteiger partial charge in [-0.2, -0.15) is 0 Å². The van der Waals surface area contributed by atoms with Crippen LogP contribution in [0.3, 0.4) is 0 Å². The number of hydrogen-bond acceptors (Lipinski definition) is 3. The fourth-order valence-corrected chi connectivity index (χ4v) is 2.60. The maximum atomic E-state index is 11.6. The molecule has 1 heterocycles. The zero-order chi connectivity index (χ0) is 13.0. The monoisotopic (exact) mass is 255 g/mol. The summed E-state index contributed by atoms with van der Waals surface area (Å²) < 4.78 is 4.98. The van der Waals surface area contributed by atoms with E-state index in [2.05, 4.69) is 15.5 Å². The van der Waals surface area contributed by atoms with Gasteiger partial charge in [0.2, 0.25) is 0 Å². The molecule has 1 saturated carbocycles. The minimum absolute atomic E-state index is 0.0570. The first-order valence-electron chi connectivity index (χ1n) is 6.96. The molecule has 1 aliphatic carbocycles. The lowest BCUT2D eigenvalue weighted by Crippen LogP contribution is -2.44. The van der Waals surface area contributed by atoms with Crippen molar-refractivity contribution in [1.82, 2.24) is 15.5 Å². The van der Waals surface area contributed by atoms with Crippen molar-refractivity contribution in [1.29, 1.82) is 0 Å². The van der Waals surface area contributed by atoms with Gasteiger partial charge in [-0.15, -0.1) is 0 Å². The van der Waals surface area contributed by atoms with Gasteiger partial charge in [0.15, 0.2) is 0 Å². The largest absolute Gasteiger partial charge is 0.383 e. The Hall–Kier alpha value is -0.810. The van der Waals surface area contributed by atoms with Crippen LogP contribution in [0.4, 0.5) is 4.79 Å². The van der Waals surface area contributed by atoms with Crippen LogP contribution in [-0.2, 0) is 4.74 Å². The molecule has 5 heteroatoms. The summed E-state index contributed by atoms with van der Waals surface area (Å²) in [6.45, 7) is 5.63. The Bertz CT molecular complexity index is 281. The van der Waals surface area contributed by atoms with Gasteiger partial charge in [-0.25, -0.2) is 4.79 Å². The lowest BCUT2D eigenvalue weighted by Gasteiger charge is -2.17. The van der Waals surface area contributed by atoms with Gasteiger partial charge in [0, 0.05) is 26.2 Å². The van der Waals surface area contributed by atoms with Crippen LogP contribution in [0.2, 0.25) is 0 Å². The predicted molar refractivity (Wildman–Crippen MR) is 70.6 cm³/mol. The van der Waals surface area contributed by atoms with Crippen molar-refractivity contribution in [3.8, 4) is 0 Å². The molecule has 18 heavy (non-hydrogen) atoms. The standard InChI is InChI=1S/C13H25N3O2/c1-10(9-18-2)15-13(17)14-7-11-5-6-16(8-11)12-3-4-12/h10-12H,3-9H2,1-2H3,(H2,14,15,17)/t10-,11+/m0/s1.